The van der Waals surface area contributed by atoms with E-state index in [2.05, 4.69) is 10.7 Å². The zero-order chi connectivity index (χ0) is 19.9. The normalized spacial score (nSPS) is 17.1. The zero-order valence-corrected chi connectivity index (χ0v) is 17.4. The van der Waals surface area contributed by atoms with Crippen molar-refractivity contribution in [1.82, 2.24) is 15.2 Å². The largest absolute Gasteiger partial charge is 0.356 e. The van der Waals surface area contributed by atoms with Crippen LogP contribution in [0.25, 0.3) is 6.08 Å². The minimum absolute atomic E-state index is 0.0205. The minimum atomic E-state index is -0.0253. The molecule has 1 aliphatic heterocycles. The molecule has 0 saturated carbocycles. The predicted molar refractivity (Wildman–Crippen MR) is 114 cm³/mol. The van der Waals surface area contributed by atoms with Gasteiger partial charge in [0.15, 0.2) is 0 Å². The summed E-state index contributed by atoms with van der Waals surface area (Å²) in [6.45, 7) is 3.58. The van der Waals surface area contributed by atoms with Gasteiger partial charge in [-0.2, -0.15) is 0 Å². The van der Waals surface area contributed by atoms with Crippen LogP contribution in [0.4, 0.5) is 0 Å². The predicted octanol–water partition coefficient (Wildman–Crippen LogP) is 3.89. The first-order valence-electron chi connectivity index (χ1n) is 9.42. The molecule has 7 heteroatoms. The van der Waals surface area contributed by atoms with Gasteiger partial charge in [0, 0.05) is 55.4 Å². The van der Waals surface area contributed by atoms with Crippen molar-refractivity contribution in [3.8, 4) is 0 Å². The van der Waals surface area contributed by atoms with Crippen molar-refractivity contribution in [2.45, 2.75) is 32.1 Å². The highest BCUT2D eigenvalue weighted by Crippen LogP contribution is 2.29. The van der Waals surface area contributed by atoms with Crippen molar-refractivity contribution < 1.29 is 9.59 Å². The van der Waals surface area contributed by atoms with Crippen LogP contribution in [0, 0.1) is 0 Å². The molecule has 0 bridgehead atoms. The van der Waals surface area contributed by atoms with Crippen LogP contribution in [-0.4, -0.2) is 41.3 Å². The first-order chi connectivity index (χ1) is 13.5. The van der Waals surface area contributed by atoms with Gasteiger partial charge in [-0.1, -0.05) is 23.7 Å². The topological polar surface area (TPSA) is 62.3 Å². The van der Waals surface area contributed by atoms with Crippen molar-refractivity contribution >= 4 is 40.8 Å². The van der Waals surface area contributed by atoms with Crippen molar-refractivity contribution in [2.75, 3.05) is 19.6 Å². The number of amides is 2. The Balaban J connectivity index is 1.57. The average molecular weight is 418 g/mol. The number of likely N-dealkylation sites (tertiary alicyclic amines) is 1. The van der Waals surface area contributed by atoms with Gasteiger partial charge in [-0.05, 0) is 36.6 Å². The fraction of sp³-hybridized carbons (Fsp3) is 0.381. The fourth-order valence-electron chi connectivity index (χ4n) is 3.25. The Kier molecular flexibility index (Phi) is 7.23. The van der Waals surface area contributed by atoms with Crippen LogP contribution in [0.15, 0.2) is 35.7 Å². The lowest BCUT2D eigenvalue weighted by Crippen LogP contribution is -2.38. The molecule has 1 fully saturated rings. The van der Waals surface area contributed by atoms with E-state index in [1.54, 1.807) is 23.5 Å². The maximum absolute atomic E-state index is 12.6. The molecular formula is C21H24ClN3O2S. The Bertz CT molecular complexity index is 865. The van der Waals surface area contributed by atoms with E-state index in [9.17, 15) is 9.59 Å². The number of nitrogens with zero attached hydrogens (tertiary/aromatic N) is 2. The van der Waals surface area contributed by atoms with E-state index in [-0.39, 0.29) is 17.7 Å². The average Bonchev–Trinajstić information content (AvgIpc) is 3.15. The summed E-state index contributed by atoms with van der Waals surface area (Å²) in [5, 5.41) is 6.58. The summed E-state index contributed by atoms with van der Waals surface area (Å²) in [5.74, 6) is 0.270. The minimum Gasteiger partial charge on any atom is -0.356 e. The van der Waals surface area contributed by atoms with E-state index >= 15 is 0 Å². The summed E-state index contributed by atoms with van der Waals surface area (Å²) in [4.78, 5) is 30.2. The molecule has 1 aromatic carbocycles. The highest BCUT2D eigenvalue weighted by atomic mass is 35.5. The lowest BCUT2D eigenvalue weighted by molar-refractivity contribution is -0.127. The molecule has 1 aliphatic rings. The van der Waals surface area contributed by atoms with E-state index < -0.39 is 0 Å². The number of carbonyl (C=O) groups excluding carboxylic acids is 2. The van der Waals surface area contributed by atoms with E-state index in [4.69, 9.17) is 16.6 Å². The first kappa shape index (κ1) is 20.6. The van der Waals surface area contributed by atoms with Gasteiger partial charge in [0.1, 0.15) is 0 Å². The number of halogens is 1. The van der Waals surface area contributed by atoms with E-state index in [0.29, 0.717) is 18.1 Å². The Labute approximate surface area is 174 Å². The molecule has 148 valence electrons. The third-order valence-corrected chi connectivity index (χ3v) is 5.97. The number of piperidine rings is 1. The van der Waals surface area contributed by atoms with Crippen LogP contribution in [0.5, 0.6) is 0 Å². The monoisotopic (exact) mass is 417 g/mol. The molecule has 2 aromatic rings. The summed E-state index contributed by atoms with van der Waals surface area (Å²) in [6.07, 6.45) is 6.17. The summed E-state index contributed by atoms with van der Waals surface area (Å²) in [6, 6.07) is 7.44. The molecule has 5 nitrogen and oxygen atoms in total. The van der Waals surface area contributed by atoms with Gasteiger partial charge in [0.05, 0.1) is 10.7 Å². The number of thiazole rings is 1. The van der Waals surface area contributed by atoms with Gasteiger partial charge in [-0.25, -0.2) is 4.98 Å². The number of carbonyl (C=O) groups is 2. The third-order valence-electron chi connectivity index (χ3n) is 4.67. The van der Waals surface area contributed by atoms with Crippen LogP contribution < -0.4 is 5.32 Å². The molecular weight excluding hydrogens is 394 g/mol. The fourth-order valence-corrected chi connectivity index (χ4v) is 4.43. The van der Waals surface area contributed by atoms with Gasteiger partial charge in [0.25, 0.3) is 0 Å². The van der Waals surface area contributed by atoms with Crippen molar-refractivity contribution in [2.24, 2.45) is 0 Å². The molecule has 1 atom stereocenters. The van der Waals surface area contributed by atoms with E-state index in [1.165, 1.54) is 6.92 Å². The number of hydrogen-bond acceptors (Lipinski definition) is 4. The summed E-state index contributed by atoms with van der Waals surface area (Å²) in [5.41, 5.74) is 1.91. The van der Waals surface area contributed by atoms with E-state index in [0.717, 1.165) is 42.1 Å². The molecule has 1 N–H and O–H groups in total. The second kappa shape index (κ2) is 9.85. The van der Waals surface area contributed by atoms with Crippen molar-refractivity contribution in [1.29, 1.82) is 0 Å². The molecule has 0 radical (unpaired) electrons. The lowest BCUT2D eigenvalue weighted by atomic mass is 9.98. The van der Waals surface area contributed by atoms with Crippen molar-refractivity contribution in [3.63, 3.8) is 0 Å². The Morgan fingerprint density at radius 2 is 2.29 bits per heavy atom. The summed E-state index contributed by atoms with van der Waals surface area (Å²) in [7, 11) is 0. The second-order valence-corrected chi connectivity index (χ2v) is 8.25. The molecule has 2 amide bonds. The van der Waals surface area contributed by atoms with Gasteiger partial charge in [0.2, 0.25) is 11.8 Å². The smallest absolute Gasteiger partial charge is 0.246 e. The maximum Gasteiger partial charge on any atom is 0.246 e. The molecule has 0 spiro atoms. The number of nitrogens with one attached hydrogen (secondary N) is 1. The number of aromatic nitrogens is 1. The summed E-state index contributed by atoms with van der Waals surface area (Å²) >= 11 is 7.64. The lowest BCUT2D eigenvalue weighted by Gasteiger charge is -2.31. The van der Waals surface area contributed by atoms with Crippen LogP contribution in [-0.2, 0) is 16.0 Å². The van der Waals surface area contributed by atoms with Crippen LogP contribution in [0.3, 0.4) is 0 Å². The number of benzene rings is 1. The number of rotatable bonds is 6. The van der Waals surface area contributed by atoms with Crippen LogP contribution in [0.2, 0.25) is 5.02 Å². The Hall–Kier alpha value is -2.18. The van der Waals surface area contributed by atoms with Gasteiger partial charge >= 0.3 is 0 Å². The highest BCUT2D eigenvalue weighted by molar-refractivity contribution is 7.09. The number of hydrogen-bond donors (Lipinski definition) is 1. The first-order valence-corrected chi connectivity index (χ1v) is 10.7. The molecule has 28 heavy (non-hydrogen) atoms. The maximum atomic E-state index is 12.6. The Morgan fingerprint density at radius 3 is 3.07 bits per heavy atom. The molecule has 1 saturated heterocycles. The SMILES string of the molecule is CC(=O)NCCc1csc([C@H]2CCCN(C(=O)/C=C/c3cccc(Cl)c3)C2)n1. The molecule has 0 aliphatic carbocycles. The molecule has 0 unspecified atom stereocenters. The van der Waals surface area contributed by atoms with Crippen molar-refractivity contribution in [3.05, 3.63) is 57.0 Å². The standard InChI is InChI=1S/C21H24ClN3O2S/c1-15(26)23-10-9-19-14-28-21(24-19)17-5-3-11-25(13-17)20(27)8-7-16-4-2-6-18(22)12-16/h2,4,6-8,12,14,17H,3,5,9-11,13H2,1H3,(H,23,26)/b8-7+/t17-/m0/s1. The molecule has 3 rings (SSSR count). The summed E-state index contributed by atoms with van der Waals surface area (Å²) < 4.78 is 0. The van der Waals surface area contributed by atoms with Crippen LogP contribution in [0.1, 0.15) is 41.9 Å². The van der Waals surface area contributed by atoms with Gasteiger partial charge < -0.3 is 10.2 Å². The quantitative estimate of drug-likeness (QED) is 0.725. The highest BCUT2D eigenvalue weighted by Gasteiger charge is 2.25. The third kappa shape index (κ3) is 5.91. The van der Waals surface area contributed by atoms with Crippen LogP contribution >= 0.6 is 22.9 Å². The second-order valence-electron chi connectivity index (χ2n) is 6.92. The Morgan fingerprint density at radius 1 is 1.43 bits per heavy atom. The zero-order valence-electron chi connectivity index (χ0n) is 15.9. The van der Waals surface area contributed by atoms with Gasteiger partial charge in [-0.3, -0.25) is 9.59 Å². The van der Waals surface area contributed by atoms with E-state index in [1.807, 2.05) is 29.2 Å². The molecule has 2 heterocycles. The van der Waals surface area contributed by atoms with Gasteiger partial charge in [-0.15, -0.1) is 11.3 Å². The molecule has 1 aromatic heterocycles.